The van der Waals surface area contributed by atoms with Crippen molar-refractivity contribution in [1.82, 2.24) is 0 Å². The third-order valence-corrected chi connectivity index (χ3v) is 12.2. The van der Waals surface area contributed by atoms with Crippen LogP contribution in [0.5, 0.6) is 23.0 Å². The first-order valence-corrected chi connectivity index (χ1v) is 26.4. The van der Waals surface area contributed by atoms with Crippen molar-refractivity contribution in [2.75, 3.05) is 13.2 Å². The summed E-state index contributed by atoms with van der Waals surface area (Å²) in [6.07, 6.45) is 0. The van der Waals surface area contributed by atoms with Crippen LogP contribution in [-0.2, 0) is 0 Å². The van der Waals surface area contributed by atoms with Crippen LogP contribution >= 0.6 is 0 Å². The molecule has 0 N–H and O–H groups in total. The Morgan fingerprint density at radius 3 is 0.895 bits per heavy atom. The number of para-hydroxylation sites is 1. The Kier molecular flexibility index (Phi) is 23.9. The van der Waals surface area contributed by atoms with Gasteiger partial charge in [-0.1, -0.05) is 249 Å². The standard InChI is InChI=1S/C18H22O2.C14H14.C13H12O.C12H12.2C8H10/c1-13-5-7-17(15(3)11-13)19-9-10-20-18-8-6-14(2)12-16(18)4;1-11-3-7-13(8-4-11)14-9-5-12(2)6-10-14;1-11-7-9-13(10-8-11)14-12-5-3-2-4-6-12;1-9-3-5-12-8-10(2)4-6-11(12)7-9;1-7-3-5-8(2)6-4-7;1-7-4-3-5-8(2)6-7/h5-8,11-12H,9-10H2,1-4H3;3-10H,1-2H3;2-10H,1H3;3-8H,1-2H3;2*3-6H,1-2H3. The van der Waals surface area contributed by atoms with E-state index in [9.17, 15) is 0 Å². The lowest BCUT2D eigenvalue weighted by molar-refractivity contribution is 0.215. The van der Waals surface area contributed by atoms with E-state index in [0.717, 1.165) is 34.1 Å². The van der Waals surface area contributed by atoms with Crippen LogP contribution in [0.25, 0.3) is 21.9 Å². The van der Waals surface area contributed by atoms with Gasteiger partial charge in [-0.3, -0.25) is 0 Å². The smallest absolute Gasteiger partial charge is 0.127 e. The highest BCUT2D eigenvalue weighted by molar-refractivity contribution is 5.83. The first-order chi connectivity index (χ1) is 36.5. The highest BCUT2D eigenvalue weighted by atomic mass is 16.5. The highest BCUT2D eigenvalue weighted by Crippen LogP contribution is 2.23. The average molecular weight is 1010 g/mol. The van der Waals surface area contributed by atoms with Gasteiger partial charge in [0.25, 0.3) is 0 Å². The molecule has 3 nitrogen and oxygen atoms in total. The van der Waals surface area contributed by atoms with Gasteiger partial charge in [-0.25, -0.2) is 0 Å². The molecule has 0 unspecified atom stereocenters. The van der Waals surface area contributed by atoms with Gasteiger partial charge in [-0.05, 0) is 159 Å². The van der Waals surface area contributed by atoms with Crippen LogP contribution in [0, 0.1) is 90.0 Å². The van der Waals surface area contributed by atoms with E-state index in [0.29, 0.717) is 13.2 Å². The van der Waals surface area contributed by atoms with Crippen LogP contribution in [0.15, 0.2) is 224 Å². The van der Waals surface area contributed by atoms with E-state index in [2.05, 4.69) is 248 Å². The number of ether oxygens (including phenoxy) is 3. The summed E-state index contributed by atoms with van der Waals surface area (Å²) in [7, 11) is 0. The van der Waals surface area contributed by atoms with Gasteiger partial charge < -0.3 is 14.2 Å². The van der Waals surface area contributed by atoms with Gasteiger partial charge in [0.1, 0.15) is 36.2 Å². The quantitative estimate of drug-likeness (QED) is 0.142. The van der Waals surface area contributed by atoms with E-state index in [1.54, 1.807) is 0 Å². The number of aryl methyl sites for hydroxylation is 13. The van der Waals surface area contributed by atoms with Gasteiger partial charge in [0.15, 0.2) is 0 Å². The third kappa shape index (κ3) is 21.8. The second-order valence-electron chi connectivity index (χ2n) is 19.9. The lowest BCUT2D eigenvalue weighted by atomic mass is 10.0. The molecular weight excluding hydrogens is 925 g/mol. The molecule has 0 aromatic heterocycles. The molecule has 0 atom stereocenters. The summed E-state index contributed by atoms with van der Waals surface area (Å²) < 4.78 is 17.1. The van der Waals surface area contributed by atoms with E-state index >= 15 is 0 Å². The zero-order chi connectivity index (χ0) is 54.8. The predicted octanol–water partition coefficient (Wildman–Crippen LogP) is 20.2. The van der Waals surface area contributed by atoms with E-state index in [1.807, 2.05) is 66.7 Å². The Labute approximate surface area is 456 Å². The van der Waals surface area contributed by atoms with Gasteiger partial charge in [0.05, 0.1) is 0 Å². The lowest BCUT2D eigenvalue weighted by Gasteiger charge is -2.12. The molecule has 76 heavy (non-hydrogen) atoms. The molecule has 0 heterocycles. The first-order valence-electron chi connectivity index (χ1n) is 26.4. The van der Waals surface area contributed by atoms with Crippen molar-refractivity contribution in [3.63, 3.8) is 0 Å². The molecule has 0 amide bonds. The number of rotatable bonds is 8. The summed E-state index contributed by atoms with van der Waals surface area (Å²) in [6, 6.07) is 77.5. The maximum atomic E-state index is 5.75. The molecule has 390 valence electrons. The van der Waals surface area contributed by atoms with Crippen molar-refractivity contribution in [3.8, 4) is 34.1 Å². The molecule has 3 heteroatoms. The van der Waals surface area contributed by atoms with Gasteiger partial charge in [-0.2, -0.15) is 0 Å². The minimum atomic E-state index is 0.553. The molecule has 0 saturated carbocycles. The lowest BCUT2D eigenvalue weighted by Crippen LogP contribution is -2.10. The Morgan fingerprint density at radius 2 is 0.539 bits per heavy atom. The largest absolute Gasteiger partial charge is 0.490 e. The summed E-state index contributed by atoms with van der Waals surface area (Å²) in [4.78, 5) is 0. The van der Waals surface area contributed by atoms with E-state index in [4.69, 9.17) is 14.2 Å². The first kappa shape index (κ1) is 58.7. The van der Waals surface area contributed by atoms with Crippen LogP contribution < -0.4 is 14.2 Å². The number of hydrogen-bond acceptors (Lipinski definition) is 3. The monoisotopic (exact) mass is 1000 g/mol. The molecular formula is C73H80O3. The minimum Gasteiger partial charge on any atom is -0.490 e. The fourth-order valence-electron chi connectivity index (χ4n) is 7.88. The molecule has 0 aliphatic heterocycles. The van der Waals surface area contributed by atoms with Crippen LogP contribution in [0.4, 0.5) is 0 Å². The number of benzene rings is 10. The Bertz CT molecular complexity index is 3080. The van der Waals surface area contributed by atoms with E-state index in [1.165, 1.54) is 83.1 Å². The summed E-state index contributed by atoms with van der Waals surface area (Å²) >= 11 is 0. The van der Waals surface area contributed by atoms with Crippen molar-refractivity contribution in [2.45, 2.75) is 90.0 Å². The maximum absolute atomic E-state index is 5.75. The molecule has 0 aliphatic rings. The van der Waals surface area contributed by atoms with Crippen molar-refractivity contribution in [3.05, 3.63) is 297 Å². The van der Waals surface area contributed by atoms with Crippen molar-refractivity contribution in [2.24, 2.45) is 0 Å². The topological polar surface area (TPSA) is 27.7 Å². The maximum Gasteiger partial charge on any atom is 0.127 e. The number of fused-ring (bicyclic) bond motifs is 1. The molecule has 0 saturated heterocycles. The summed E-state index contributed by atoms with van der Waals surface area (Å²) in [5.41, 5.74) is 19.2. The SMILES string of the molecule is Cc1ccc(-c2ccc(C)cc2)cc1.Cc1ccc(C)cc1.Cc1ccc(OCCOc2ccc(C)cc2C)c(C)c1.Cc1ccc(Oc2ccccc2)cc1.Cc1ccc2cc(C)ccc2c1.Cc1cccc(C)c1. The van der Waals surface area contributed by atoms with E-state index in [-0.39, 0.29) is 0 Å². The zero-order valence-electron chi connectivity index (χ0n) is 47.5. The van der Waals surface area contributed by atoms with Crippen molar-refractivity contribution >= 4 is 10.8 Å². The fraction of sp³-hybridized carbons (Fsp3) is 0.205. The second kappa shape index (κ2) is 30.9. The molecule has 0 aliphatic carbocycles. The van der Waals surface area contributed by atoms with Crippen LogP contribution in [-0.4, -0.2) is 13.2 Å². The molecule has 10 aromatic rings. The summed E-state index contributed by atoms with van der Waals surface area (Å²) in [5, 5.41) is 2.67. The van der Waals surface area contributed by atoms with Gasteiger partial charge >= 0.3 is 0 Å². The third-order valence-electron chi connectivity index (χ3n) is 12.2. The molecule has 0 fully saturated rings. The normalized spacial score (nSPS) is 10.0. The fourth-order valence-corrected chi connectivity index (χ4v) is 7.88. The molecule has 10 aromatic carbocycles. The molecule has 0 radical (unpaired) electrons. The summed E-state index contributed by atoms with van der Waals surface area (Å²) in [5.74, 6) is 3.61. The Balaban J connectivity index is 0.000000173. The van der Waals surface area contributed by atoms with Gasteiger partial charge in [0, 0.05) is 0 Å². The average Bonchev–Trinajstić information content (AvgIpc) is 3.40. The predicted molar refractivity (Wildman–Crippen MR) is 327 cm³/mol. The van der Waals surface area contributed by atoms with Crippen molar-refractivity contribution < 1.29 is 14.2 Å². The molecule has 0 bridgehead atoms. The number of hydrogen-bond donors (Lipinski definition) is 0. The zero-order valence-corrected chi connectivity index (χ0v) is 47.5. The molecule has 0 spiro atoms. The minimum absolute atomic E-state index is 0.553. The van der Waals surface area contributed by atoms with Crippen LogP contribution in [0.3, 0.4) is 0 Å². The Morgan fingerprint density at radius 1 is 0.237 bits per heavy atom. The Hall–Kier alpha value is -8.14. The van der Waals surface area contributed by atoms with Crippen LogP contribution in [0.2, 0.25) is 0 Å². The highest BCUT2D eigenvalue weighted by Gasteiger charge is 2.03. The van der Waals surface area contributed by atoms with Gasteiger partial charge in [-0.15, -0.1) is 0 Å². The summed E-state index contributed by atoms with van der Waals surface area (Å²) in [6.45, 7) is 28.3. The molecule has 10 rings (SSSR count). The second-order valence-corrected chi connectivity index (χ2v) is 19.9. The van der Waals surface area contributed by atoms with Gasteiger partial charge in [0.2, 0.25) is 0 Å². The van der Waals surface area contributed by atoms with E-state index < -0.39 is 0 Å². The van der Waals surface area contributed by atoms with Crippen molar-refractivity contribution in [1.29, 1.82) is 0 Å². The van der Waals surface area contributed by atoms with Crippen LogP contribution in [0.1, 0.15) is 72.3 Å².